The summed E-state index contributed by atoms with van der Waals surface area (Å²) in [4.78, 5) is 12.8. The molecule has 0 aromatic heterocycles. The maximum Gasteiger partial charge on any atom is 0.306 e. The average Bonchev–Trinajstić information content (AvgIpc) is 3.47. The number of carbonyl (C=O) groups excluding carboxylic acids is 1. The van der Waals surface area contributed by atoms with Gasteiger partial charge in [0.15, 0.2) is 0 Å². The van der Waals surface area contributed by atoms with E-state index in [4.69, 9.17) is 4.74 Å². The molecule has 9 atom stereocenters. The van der Waals surface area contributed by atoms with E-state index in [1.807, 2.05) is 0 Å². The zero-order valence-corrected chi connectivity index (χ0v) is 34.2. The summed E-state index contributed by atoms with van der Waals surface area (Å²) >= 11 is 0. The van der Waals surface area contributed by atoms with Gasteiger partial charge in [-0.15, -0.1) is 0 Å². The summed E-state index contributed by atoms with van der Waals surface area (Å²) in [5.41, 5.74) is 2.39. The second kappa shape index (κ2) is 21.0. The fourth-order valence-corrected chi connectivity index (χ4v) is 11.1. The zero-order valence-electron chi connectivity index (χ0n) is 34.2. The number of carbonyl (C=O) groups is 1. The summed E-state index contributed by atoms with van der Waals surface area (Å²) in [6.45, 7) is 17.1. The Kier molecular flexibility index (Phi) is 17.1. The lowest BCUT2D eigenvalue weighted by Crippen LogP contribution is -2.51. The first-order valence-electron chi connectivity index (χ1n) is 21.8. The van der Waals surface area contributed by atoms with E-state index in [0.29, 0.717) is 29.1 Å². The van der Waals surface area contributed by atoms with Gasteiger partial charge < -0.3 is 4.74 Å². The number of unbranched alkanes of at least 4 members (excludes halogenated alkanes) is 4. The molecule has 4 aliphatic rings. The molecule has 4 aliphatic carbocycles. The number of hydrogen-bond donors (Lipinski definition) is 0. The van der Waals surface area contributed by atoms with Crippen LogP contribution in [0.5, 0.6) is 0 Å². The van der Waals surface area contributed by atoms with E-state index in [0.717, 1.165) is 74.5 Å². The minimum atomic E-state index is 0.000952. The molecular weight excluding hydrogens is 621 g/mol. The molecule has 4 rings (SSSR count). The van der Waals surface area contributed by atoms with E-state index in [9.17, 15) is 4.79 Å². The van der Waals surface area contributed by atoms with Crippen molar-refractivity contribution in [2.45, 2.75) is 177 Å². The van der Waals surface area contributed by atoms with Crippen molar-refractivity contribution in [2.75, 3.05) is 0 Å². The molecule has 0 aromatic carbocycles. The Labute approximate surface area is 315 Å². The van der Waals surface area contributed by atoms with Gasteiger partial charge in [-0.2, -0.15) is 0 Å². The molecule has 3 saturated carbocycles. The minimum absolute atomic E-state index is 0.000952. The lowest BCUT2D eigenvalue weighted by atomic mass is 9.47. The van der Waals surface area contributed by atoms with Crippen LogP contribution in [0.4, 0.5) is 0 Å². The highest BCUT2D eigenvalue weighted by Crippen LogP contribution is 2.67. The quantitative estimate of drug-likeness (QED) is 0.0719. The summed E-state index contributed by atoms with van der Waals surface area (Å²) < 4.78 is 6.11. The van der Waals surface area contributed by atoms with Crippen LogP contribution in [-0.4, -0.2) is 12.1 Å². The molecule has 0 amide bonds. The number of hydrogen-bond acceptors (Lipinski definition) is 2. The Hall–Kier alpha value is -2.09. The normalized spacial score (nSPS) is 32.2. The lowest BCUT2D eigenvalue weighted by molar-refractivity contribution is -0.151. The van der Waals surface area contributed by atoms with Crippen LogP contribution in [0.1, 0.15) is 170 Å². The molecule has 0 spiro atoms. The van der Waals surface area contributed by atoms with E-state index in [-0.39, 0.29) is 12.1 Å². The molecule has 286 valence electrons. The molecule has 0 heterocycles. The van der Waals surface area contributed by atoms with Crippen LogP contribution >= 0.6 is 0 Å². The fourth-order valence-electron chi connectivity index (χ4n) is 11.1. The third-order valence-electron chi connectivity index (χ3n) is 14.3. The molecule has 2 nitrogen and oxygen atoms in total. The van der Waals surface area contributed by atoms with E-state index < -0.39 is 0 Å². The standard InChI is InChI=1S/C49H78O2/c1-8-10-11-12-13-14-15-16-17-18-19-20-21-22-23-24-25-26-47(50)51-42-33-35-48(6)41(37-42)29-30-43-45-32-31-44(49(45,7)36-34-46(43)48)39(5)27-28-40(9-2)38(3)4/h13-14,16-17,19-20,22-23,27-29,38-40,42-46H,8-12,15,18,21,24-26,30-37H2,1-7H3/b14-13-,17-16-,20-19-,23-22-,28-27+. The van der Waals surface area contributed by atoms with Gasteiger partial charge in [0.05, 0.1) is 0 Å². The Morgan fingerprint density at radius 3 is 2.12 bits per heavy atom. The number of rotatable bonds is 20. The molecule has 9 unspecified atom stereocenters. The molecule has 0 N–H and O–H groups in total. The second-order valence-electron chi connectivity index (χ2n) is 17.9. The van der Waals surface area contributed by atoms with E-state index in [1.54, 1.807) is 5.57 Å². The highest BCUT2D eigenvalue weighted by Gasteiger charge is 2.59. The summed E-state index contributed by atoms with van der Waals surface area (Å²) in [7, 11) is 0. The van der Waals surface area contributed by atoms with Crippen molar-refractivity contribution in [2.24, 2.45) is 52.3 Å². The molecule has 0 saturated heterocycles. The minimum Gasteiger partial charge on any atom is -0.462 e. The molecule has 0 aromatic rings. The van der Waals surface area contributed by atoms with Crippen molar-refractivity contribution >= 4 is 5.97 Å². The van der Waals surface area contributed by atoms with Crippen LogP contribution < -0.4 is 0 Å². The van der Waals surface area contributed by atoms with E-state index >= 15 is 0 Å². The van der Waals surface area contributed by atoms with Gasteiger partial charge in [0, 0.05) is 12.8 Å². The van der Waals surface area contributed by atoms with Crippen LogP contribution in [0.3, 0.4) is 0 Å². The van der Waals surface area contributed by atoms with Crippen molar-refractivity contribution in [1.82, 2.24) is 0 Å². The van der Waals surface area contributed by atoms with Gasteiger partial charge in [-0.3, -0.25) is 4.79 Å². The third kappa shape index (κ3) is 11.5. The van der Waals surface area contributed by atoms with Crippen molar-refractivity contribution in [1.29, 1.82) is 0 Å². The van der Waals surface area contributed by atoms with Gasteiger partial charge in [0.2, 0.25) is 0 Å². The molecule has 0 radical (unpaired) electrons. The largest absolute Gasteiger partial charge is 0.462 e. The zero-order chi connectivity index (χ0) is 36.7. The first-order chi connectivity index (χ1) is 24.6. The third-order valence-corrected chi connectivity index (χ3v) is 14.3. The van der Waals surface area contributed by atoms with Crippen LogP contribution in [0.15, 0.2) is 72.4 Å². The van der Waals surface area contributed by atoms with Crippen molar-refractivity contribution in [3.8, 4) is 0 Å². The van der Waals surface area contributed by atoms with Crippen LogP contribution in [0.25, 0.3) is 0 Å². The first-order valence-corrected chi connectivity index (χ1v) is 21.8. The van der Waals surface area contributed by atoms with Crippen molar-refractivity contribution < 1.29 is 9.53 Å². The molecule has 3 fully saturated rings. The number of allylic oxidation sites excluding steroid dienone is 11. The number of esters is 1. The Bertz CT molecular complexity index is 1230. The Morgan fingerprint density at radius 1 is 0.804 bits per heavy atom. The van der Waals surface area contributed by atoms with E-state index in [2.05, 4.69) is 115 Å². The first kappa shape index (κ1) is 41.7. The van der Waals surface area contributed by atoms with Gasteiger partial charge in [-0.05, 0) is 149 Å². The lowest BCUT2D eigenvalue weighted by Gasteiger charge is -2.58. The average molecular weight is 699 g/mol. The van der Waals surface area contributed by atoms with Gasteiger partial charge in [-0.25, -0.2) is 0 Å². The predicted octanol–water partition coefficient (Wildman–Crippen LogP) is 14.5. The van der Waals surface area contributed by atoms with Gasteiger partial charge >= 0.3 is 5.97 Å². The predicted molar refractivity (Wildman–Crippen MR) is 220 cm³/mol. The molecule has 0 bridgehead atoms. The summed E-state index contributed by atoms with van der Waals surface area (Å²) in [6.07, 6.45) is 47.6. The van der Waals surface area contributed by atoms with Crippen molar-refractivity contribution in [3.63, 3.8) is 0 Å². The van der Waals surface area contributed by atoms with Crippen LogP contribution in [-0.2, 0) is 9.53 Å². The van der Waals surface area contributed by atoms with Crippen LogP contribution in [0, 0.1) is 52.3 Å². The smallest absolute Gasteiger partial charge is 0.306 e. The summed E-state index contributed by atoms with van der Waals surface area (Å²) in [5, 5.41) is 0. The highest BCUT2D eigenvalue weighted by molar-refractivity contribution is 5.69. The maximum absolute atomic E-state index is 12.8. The number of fused-ring (bicyclic) bond motifs is 5. The Morgan fingerprint density at radius 2 is 1.47 bits per heavy atom. The molecule has 51 heavy (non-hydrogen) atoms. The fraction of sp³-hybridized carbons (Fsp3) is 0.735. The summed E-state index contributed by atoms with van der Waals surface area (Å²) in [6, 6.07) is 0. The van der Waals surface area contributed by atoms with Crippen LogP contribution in [0.2, 0.25) is 0 Å². The van der Waals surface area contributed by atoms with Gasteiger partial charge in [0.25, 0.3) is 0 Å². The van der Waals surface area contributed by atoms with Gasteiger partial charge in [0.1, 0.15) is 6.10 Å². The van der Waals surface area contributed by atoms with Crippen molar-refractivity contribution in [3.05, 3.63) is 72.4 Å². The Balaban J connectivity index is 1.15. The topological polar surface area (TPSA) is 26.3 Å². The number of ether oxygens (including phenoxy) is 1. The molecule has 2 heteroatoms. The second-order valence-corrected chi connectivity index (χ2v) is 17.9. The van der Waals surface area contributed by atoms with E-state index in [1.165, 1.54) is 70.6 Å². The maximum atomic E-state index is 12.8. The monoisotopic (exact) mass is 699 g/mol. The molecular formula is C49H78O2. The molecule has 0 aliphatic heterocycles. The highest BCUT2D eigenvalue weighted by atomic mass is 16.5. The summed E-state index contributed by atoms with van der Waals surface area (Å²) in [5.74, 6) is 5.42. The SMILES string of the molecule is CCCCC/C=C\C/C=C\C/C=C\C/C=C\CCCC(=O)OC1CCC2(C)C(=CCC3C2CCC2(C)C(C(C)/C=C/C(CC)C(C)C)CCC32)C1. The van der Waals surface area contributed by atoms with Gasteiger partial charge in [-0.1, -0.05) is 134 Å².